The molecule has 0 unspecified atom stereocenters. The van der Waals surface area contributed by atoms with Gasteiger partial charge in [-0.3, -0.25) is 4.98 Å². The Morgan fingerprint density at radius 1 is 0.404 bits per heavy atom. The van der Waals surface area contributed by atoms with Gasteiger partial charge in [0.1, 0.15) is 11.5 Å². The first-order valence-electron chi connectivity index (χ1n) is 22.3. The van der Waals surface area contributed by atoms with Gasteiger partial charge in [-0.2, -0.15) is 0 Å². The Kier molecular flexibility index (Phi) is 5.56. The average molecular weight is 732 g/mol. The number of rotatable bonds is 5. The van der Waals surface area contributed by atoms with Crippen LogP contribution in [0.15, 0.2) is 199 Å². The quantitative estimate of drug-likeness (QED) is 0.165. The second-order valence-electron chi connectivity index (χ2n) is 14.3. The predicted molar refractivity (Wildman–Crippen MR) is 238 cm³/mol. The summed E-state index contributed by atoms with van der Waals surface area (Å²) in [5, 5.41) is 8.38. The fourth-order valence-electron chi connectivity index (χ4n) is 8.65. The van der Waals surface area contributed by atoms with Crippen molar-refractivity contribution in [2.45, 2.75) is 0 Å². The van der Waals surface area contributed by atoms with E-state index in [9.17, 15) is 1.37 Å². The van der Waals surface area contributed by atoms with Crippen molar-refractivity contribution in [2.24, 2.45) is 0 Å². The average Bonchev–Trinajstić information content (AvgIpc) is 3.73. The summed E-state index contributed by atoms with van der Waals surface area (Å²) in [7, 11) is 0. The van der Waals surface area contributed by atoms with Crippen molar-refractivity contribution in [3.63, 3.8) is 0 Å². The highest BCUT2D eigenvalue weighted by Gasteiger charge is 2.28. The number of hydrogen-bond acceptors (Lipinski definition) is 3. The molecule has 0 spiro atoms. The van der Waals surface area contributed by atoms with Crippen molar-refractivity contribution < 1.29 is 14.0 Å². The highest BCUT2D eigenvalue weighted by atomic mass is 16.3. The van der Waals surface area contributed by atoms with E-state index < -0.39 is 24.3 Å². The summed E-state index contributed by atoms with van der Waals surface area (Å²) < 4.78 is 68.5. The highest BCUT2D eigenvalue weighted by Crippen LogP contribution is 2.52. The summed E-state index contributed by atoms with van der Waals surface area (Å²) in [6, 6.07) is 49.6. The molecule has 0 radical (unpaired) electrons. The molecule has 0 amide bonds. The van der Waals surface area contributed by atoms with Crippen LogP contribution in [0.1, 0.15) is 9.60 Å². The van der Waals surface area contributed by atoms with Gasteiger partial charge in [0.2, 0.25) is 0 Å². The third-order valence-electron chi connectivity index (χ3n) is 11.2. The lowest BCUT2D eigenvalue weighted by Gasteiger charge is -2.14. The van der Waals surface area contributed by atoms with Crippen LogP contribution in [0.2, 0.25) is 0 Å². The van der Waals surface area contributed by atoms with Gasteiger partial charge in [0.05, 0.1) is 26.3 Å². The van der Waals surface area contributed by atoms with Crippen LogP contribution in [0.4, 0.5) is 0 Å². The molecule has 0 N–H and O–H groups in total. The Balaban J connectivity index is 1.16. The third-order valence-corrected chi connectivity index (χ3v) is 11.2. The van der Waals surface area contributed by atoms with E-state index in [0.29, 0.717) is 11.3 Å². The summed E-state index contributed by atoms with van der Waals surface area (Å²) in [4.78, 5) is 9.17. The fourth-order valence-corrected chi connectivity index (χ4v) is 8.65. The van der Waals surface area contributed by atoms with E-state index in [0.717, 1.165) is 60.7 Å². The van der Waals surface area contributed by atoms with Gasteiger partial charge in [-0.15, -0.1) is 0 Å². The summed E-state index contributed by atoms with van der Waals surface area (Å²) in [5.41, 5.74) is 6.31. The van der Waals surface area contributed by atoms with Crippen LogP contribution < -0.4 is 0 Å². The standard InChI is InChI=1S/C54H32N2O/c1-3-11-33(12-4-1)49-50(34-13-5-2-6-14-34)54(45-28-25-37-21-20-35-15-9-16-36-24-27-43(45)48(37)47(35)36)57-53(49)44-30-29-42(40-18-7-8-19-41(40)44)46-31-26-39-23-22-38-17-10-32-55-51(38)52(39)56-46/h1-32H/i10D,17D,22D,23D,26D,31D,32D. The number of hydrogen-bond donors (Lipinski definition) is 0. The fraction of sp³-hybridized carbons (Fsp3) is 0. The van der Waals surface area contributed by atoms with Gasteiger partial charge in [-0.25, -0.2) is 4.98 Å². The minimum absolute atomic E-state index is 0.0199. The molecule has 3 aromatic heterocycles. The van der Waals surface area contributed by atoms with E-state index in [4.69, 9.17) is 17.6 Å². The van der Waals surface area contributed by atoms with Crippen molar-refractivity contribution >= 4 is 64.9 Å². The van der Waals surface area contributed by atoms with Gasteiger partial charge in [0.15, 0.2) is 0 Å². The van der Waals surface area contributed by atoms with Crippen LogP contribution >= 0.6 is 0 Å². The van der Waals surface area contributed by atoms with Crippen LogP contribution in [0.25, 0.3) is 121 Å². The number of pyridine rings is 2. The highest BCUT2D eigenvalue weighted by molar-refractivity contribution is 6.26. The van der Waals surface area contributed by atoms with E-state index in [2.05, 4.69) is 83.8 Å². The van der Waals surface area contributed by atoms with Crippen molar-refractivity contribution in [2.75, 3.05) is 0 Å². The topological polar surface area (TPSA) is 38.9 Å². The zero-order valence-electron chi connectivity index (χ0n) is 37.2. The van der Waals surface area contributed by atoms with E-state index in [1.165, 1.54) is 21.5 Å². The van der Waals surface area contributed by atoms with Crippen molar-refractivity contribution in [3.8, 4) is 56.2 Å². The largest absolute Gasteiger partial charge is 0.455 e. The minimum Gasteiger partial charge on any atom is -0.455 e. The maximum Gasteiger partial charge on any atom is 0.143 e. The number of furan rings is 1. The summed E-state index contributed by atoms with van der Waals surface area (Å²) >= 11 is 0. The van der Waals surface area contributed by atoms with E-state index in [-0.39, 0.29) is 45.6 Å². The Hall–Kier alpha value is -7.62. The first-order chi connectivity index (χ1) is 31.2. The van der Waals surface area contributed by atoms with Crippen LogP contribution in [-0.2, 0) is 0 Å². The van der Waals surface area contributed by atoms with Crippen LogP contribution in [0, 0.1) is 0 Å². The Bertz CT molecular complexity index is 3910. The lowest BCUT2D eigenvalue weighted by molar-refractivity contribution is 0.600. The molecule has 9 aromatic carbocycles. The second-order valence-corrected chi connectivity index (χ2v) is 14.3. The predicted octanol–water partition coefficient (Wildman–Crippen LogP) is 14.8. The number of nitrogens with zero attached hydrogens (tertiary/aromatic N) is 2. The third kappa shape index (κ3) is 4.86. The van der Waals surface area contributed by atoms with Crippen molar-refractivity contribution in [1.82, 2.24) is 9.97 Å². The van der Waals surface area contributed by atoms with Gasteiger partial charge in [-0.1, -0.05) is 164 Å². The maximum absolute atomic E-state index is 9.28. The molecule has 0 bridgehead atoms. The van der Waals surface area contributed by atoms with Gasteiger partial charge >= 0.3 is 0 Å². The van der Waals surface area contributed by atoms with Gasteiger partial charge in [-0.05, 0) is 78.4 Å². The van der Waals surface area contributed by atoms with Crippen LogP contribution in [0.5, 0.6) is 0 Å². The Labute approximate surface area is 338 Å². The molecule has 3 heterocycles. The first kappa shape index (κ1) is 25.5. The number of fused-ring (bicyclic) bond motifs is 4. The maximum atomic E-state index is 9.28. The summed E-state index contributed by atoms with van der Waals surface area (Å²) in [6.07, 6.45) is -0.473. The molecule has 0 aliphatic heterocycles. The molecule has 57 heavy (non-hydrogen) atoms. The smallest absolute Gasteiger partial charge is 0.143 e. The molecule has 0 saturated heterocycles. The van der Waals surface area contributed by atoms with Crippen molar-refractivity contribution in [1.29, 1.82) is 0 Å². The number of aromatic nitrogens is 2. The molecule has 0 saturated carbocycles. The molecule has 0 fully saturated rings. The van der Waals surface area contributed by atoms with Gasteiger partial charge in [0.25, 0.3) is 0 Å². The van der Waals surface area contributed by atoms with Crippen LogP contribution in [0.3, 0.4) is 0 Å². The molecule has 264 valence electrons. The zero-order chi connectivity index (χ0) is 43.5. The van der Waals surface area contributed by atoms with Gasteiger partial charge in [0, 0.05) is 44.8 Å². The second kappa shape index (κ2) is 12.5. The first-order valence-corrected chi connectivity index (χ1v) is 18.8. The van der Waals surface area contributed by atoms with Gasteiger partial charge < -0.3 is 4.42 Å². The molecule has 0 aliphatic carbocycles. The van der Waals surface area contributed by atoms with Crippen LogP contribution in [-0.4, -0.2) is 9.97 Å². The lowest BCUT2D eigenvalue weighted by atomic mass is 9.87. The molecular weight excluding hydrogens is 693 g/mol. The zero-order valence-corrected chi connectivity index (χ0v) is 30.2. The summed E-state index contributed by atoms with van der Waals surface area (Å²) in [5.74, 6) is 1.38. The molecule has 12 rings (SSSR count). The molecular formula is C54H32N2O. The normalized spacial score (nSPS) is 13.6. The minimum atomic E-state index is -0.473. The monoisotopic (exact) mass is 731 g/mol. The molecule has 12 aromatic rings. The molecule has 0 aliphatic rings. The summed E-state index contributed by atoms with van der Waals surface area (Å²) in [6.45, 7) is 0. The van der Waals surface area contributed by atoms with E-state index in [1.54, 1.807) is 0 Å². The molecule has 0 atom stereocenters. The Morgan fingerprint density at radius 2 is 0.947 bits per heavy atom. The van der Waals surface area contributed by atoms with E-state index >= 15 is 0 Å². The molecule has 3 nitrogen and oxygen atoms in total. The number of benzene rings is 9. The lowest BCUT2D eigenvalue weighted by Crippen LogP contribution is -1.91. The van der Waals surface area contributed by atoms with Crippen molar-refractivity contribution in [3.05, 3.63) is 194 Å². The Morgan fingerprint density at radius 3 is 1.67 bits per heavy atom. The molecule has 3 heteroatoms. The van der Waals surface area contributed by atoms with E-state index in [1.807, 2.05) is 72.8 Å². The SMILES string of the molecule is [2H]c1nc2c(c([2H])c1[2H])c([2H])c([2H])c1c([2H])c([2H])c(-c3ccc(-c4oc(-c5ccc6ccc7cccc8ccc5c6c78)c(-c5ccccc5)c4-c4ccccc4)c4ccccc34)nc12.